The van der Waals surface area contributed by atoms with Crippen molar-refractivity contribution < 1.29 is 9.90 Å². The van der Waals surface area contributed by atoms with Crippen LogP contribution in [0.5, 0.6) is 0 Å². The zero-order valence-corrected chi connectivity index (χ0v) is 7.76. The second-order valence-corrected chi connectivity index (χ2v) is 3.71. The van der Waals surface area contributed by atoms with Crippen molar-refractivity contribution in [2.45, 2.75) is 39.5 Å². The summed E-state index contributed by atoms with van der Waals surface area (Å²) in [6.45, 7) is 3.62. The molecule has 0 aromatic rings. The molecular weight excluding hydrogens is 152 g/mol. The molecule has 0 aromatic heterocycles. The number of carboxylic acids is 1. The third-order valence-electron chi connectivity index (χ3n) is 2.78. The number of carboxylic acid groups (broad SMARTS) is 1. The summed E-state index contributed by atoms with van der Waals surface area (Å²) in [6.07, 6.45) is 4.87. The highest BCUT2D eigenvalue weighted by atomic mass is 16.4. The third kappa shape index (κ3) is 2.10. The molecular formula is C10H16O2. The van der Waals surface area contributed by atoms with Gasteiger partial charge < -0.3 is 5.11 Å². The molecule has 1 aliphatic carbocycles. The summed E-state index contributed by atoms with van der Waals surface area (Å²) in [7, 11) is 0. The fraction of sp³-hybridized carbons (Fsp3) is 0.700. The van der Waals surface area contributed by atoms with Crippen LogP contribution in [0.1, 0.15) is 39.5 Å². The minimum Gasteiger partial charge on any atom is -0.478 e. The summed E-state index contributed by atoms with van der Waals surface area (Å²) >= 11 is 0. The quantitative estimate of drug-likeness (QED) is 0.658. The van der Waals surface area contributed by atoms with E-state index in [-0.39, 0.29) is 0 Å². The van der Waals surface area contributed by atoms with Crippen LogP contribution < -0.4 is 0 Å². The maximum absolute atomic E-state index is 10.6. The van der Waals surface area contributed by atoms with E-state index in [9.17, 15) is 4.79 Å². The van der Waals surface area contributed by atoms with Crippen molar-refractivity contribution in [3.05, 3.63) is 11.1 Å². The average molecular weight is 168 g/mol. The van der Waals surface area contributed by atoms with Gasteiger partial charge in [-0.15, -0.1) is 0 Å². The first-order valence-electron chi connectivity index (χ1n) is 4.51. The number of hydrogen-bond acceptors (Lipinski definition) is 1. The predicted octanol–water partition coefficient (Wildman–Crippen LogP) is 2.60. The van der Waals surface area contributed by atoms with E-state index >= 15 is 0 Å². The molecule has 0 amide bonds. The van der Waals surface area contributed by atoms with Crippen LogP contribution in [-0.2, 0) is 4.79 Å². The second kappa shape index (κ2) is 3.74. The first-order chi connectivity index (χ1) is 5.61. The van der Waals surface area contributed by atoms with E-state index in [0.29, 0.717) is 5.57 Å². The van der Waals surface area contributed by atoms with Gasteiger partial charge in [-0.25, -0.2) is 4.79 Å². The van der Waals surface area contributed by atoms with E-state index in [2.05, 4.69) is 0 Å². The van der Waals surface area contributed by atoms with Crippen LogP contribution in [0.25, 0.3) is 0 Å². The van der Waals surface area contributed by atoms with E-state index in [1.165, 1.54) is 19.3 Å². The molecule has 1 saturated carbocycles. The van der Waals surface area contributed by atoms with Gasteiger partial charge >= 0.3 is 5.97 Å². The Labute approximate surface area is 73.3 Å². The van der Waals surface area contributed by atoms with Gasteiger partial charge in [0.2, 0.25) is 0 Å². The smallest absolute Gasteiger partial charge is 0.331 e. The lowest BCUT2D eigenvalue weighted by Gasteiger charge is -2.25. The second-order valence-electron chi connectivity index (χ2n) is 3.71. The Morgan fingerprint density at radius 1 is 1.42 bits per heavy atom. The highest BCUT2D eigenvalue weighted by Crippen LogP contribution is 2.32. The average Bonchev–Trinajstić information content (AvgIpc) is 1.94. The molecule has 1 aliphatic rings. The lowest BCUT2D eigenvalue weighted by molar-refractivity contribution is -0.132. The van der Waals surface area contributed by atoms with Crippen molar-refractivity contribution in [1.29, 1.82) is 0 Å². The van der Waals surface area contributed by atoms with Gasteiger partial charge in [0.15, 0.2) is 0 Å². The molecule has 0 radical (unpaired) electrons. The molecule has 2 nitrogen and oxygen atoms in total. The highest BCUT2D eigenvalue weighted by Gasteiger charge is 2.18. The van der Waals surface area contributed by atoms with Crippen LogP contribution >= 0.6 is 0 Å². The number of allylic oxidation sites excluding steroid dienone is 1. The molecule has 1 N–H and O–H groups in total. The van der Waals surface area contributed by atoms with E-state index in [1.807, 2.05) is 6.92 Å². The van der Waals surface area contributed by atoms with Crippen molar-refractivity contribution >= 4 is 5.97 Å². The van der Waals surface area contributed by atoms with Crippen LogP contribution in [0, 0.1) is 5.92 Å². The first-order valence-corrected chi connectivity index (χ1v) is 4.51. The van der Waals surface area contributed by atoms with Crippen molar-refractivity contribution in [2.75, 3.05) is 0 Å². The Hall–Kier alpha value is -0.790. The van der Waals surface area contributed by atoms with E-state index in [4.69, 9.17) is 5.11 Å². The molecule has 68 valence electrons. The summed E-state index contributed by atoms with van der Waals surface area (Å²) in [5.41, 5.74) is 1.58. The van der Waals surface area contributed by atoms with E-state index in [1.54, 1.807) is 6.92 Å². The summed E-state index contributed by atoms with van der Waals surface area (Å²) in [6, 6.07) is 0. The Bertz CT molecular complexity index is 212. The summed E-state index contributed by atoms with van der Waals surface area (Å²) in [5, 5.41) is 8.70. The van der Waals surface area contributed by atoms with Gasteiger partial charge in [-0.2, -0.15) is 0 Å². The Kier molecular flexibility index (Phi) is 2.90. The number of aliphatic carboxylic acids is 1. The van der Waals surface area contributed by atoms with Crippen LogP contribution in [0.3, 0.4) is 0 Å². The standard InChI is InChI=1S/C10H16O2/c1-7(8(2)10(11)12)6-9-4-3-5-9/h9H,3-6H2,1-2H3,(H,11,12). The van der Waals surface area contributed by atoms with Gasteiger partial charge in [0.25, 0.3) is 0 Å². The maximum atomic E-state index is 10.6. The van der Waals surface area contributed by atoms with Crippen LogP contribution in [-0.4, -0.2) is 11.1 Å². The molecule has 0 aromatic carbocycles. The van der Waals surface area contributed by atoms with Crippen molar-refractivity contribution in [3.8, 4) is 0 Å². The molecule has 1 rings (SSSR count). The highest BCUT2D eigenvalue weighted by molar-refractivity contribution is 5.86. The summed E-state index contributed by atoms with van der Waals surface area (Å²) < 4.78 is 0. The summed E-state index contributed by atoms with van der Waals surface area (Å²) in [5.74, 6) is -0.00822. The van der Waals surface area contributed by atoms with E-state index in [0.717, 1.165) is 17.9 Å². The summed E-state index contributed by atoms with van der Waals surface area (Å²) in [4.78, 5) is 10.6. The van der Waals surface area contributed by atoms with Gasteiger partial charge in [-0.3, -0.25) is 0 Å². The number of rotatable bonds is 3. The molecule has 1 fully saturated rings. The SMILES string of the molecule is CC(CC1CCC1)=C(C)C(=O)O. The molecule has 2 heteroatoms. The van der Waals surface area contributed by atoms with Gasteiger partial charge in [-0.1, -0.05) is 24.8 Å². The fourth-order valence-electron chi connectivity index (χ4n) is 1.47. The number of hydrogen-bond donors (Lipinski definition) is 1. The van der Waals surface area contributed by atoms with Gasteiger partial charge in [0.05, 0.1) is 0 Å². The lowest BCUT2D eigenvalue weighted by atomic mass is 9.80. The van der Waals surface area contributed by atoms with Crippen LogP contribution in [0.15, 0.2) is 11.1 Å². The monoisotopic (exact) mass is 168 g/mol. The van der Waals surface area contributed by atoms with Crippen LogP contribution in [0.2, 0.25) is 0 Å². The Balaban J connectivity index is 2.48. The topological polar surface area (TPSA) is 37.3 Å². The van der Waals surface area contributed by atoms with Crippen LogP contribution in [0.4, 0.5) is 0 Å². The normalized spacial score (nSPS) is 19.8. The maximum Gasteiger partial charge on any atom is 0.331 e. The lowest BCUT2D eigenvalue weighted by Crippen LogP contribution is -2.12. The molecule has 0 unspecified atom stereocenters. The minimum absolute atomic E-state index is 0.530. The Morgan fingerprint density at radius 3 is 2.33 bits per heavy atom. The minimum atomic E-state index is -0.771. The molecule has 0 heterocycles. The van der Waals surface area contributed by atoms with E-state index < -0.39 is 5.97 Å². The molecule has 0 aliphatic heterocycles. The molecule has 0 bridgehead atoms. The van der Waals surface area contributed by atoms with Crippen molar-refractivity contribution in [3.63, 3.8) is 0 Å². The third-order valence-corrected chi connectivity index (χ3v) is 2.78. The van der Waals surface area contributed by atoms with Gasteiger partial charge in [-0.05, 0) is 26.2 Å². The van der Waals surface area contributed by atoms with Gasteiger partial charge in [0, 0.05) is 5.57 Å². The molecule has 0 spiro atoms. The first kappa shape index (κ1) is 9.30. The molecule has 12 heavy (non-hydrogen) atoms. The fourth-order valence-corrected chi connectivity index (χ4v) is 1.47. The largest absolute Gasteiger partial charge is 0.478 e. The van der Waals surface area contributed by atoms with Crippen molar-refractivity contribution in [2.24, 2.45) is 5.92 Å². The zero-order valence-electron chi connectivity index (χ0n) is 7.76. The predicted molar refractivity (Wildman–Crippen MR) is 48.0 cm³/mol. The Morgan fingerprint density at radius 2 is 2.00 bits per heavy atom. The number of carbonyl (C=O) groups is 1. The molecule has 0 saturated heterocycles. The van der Waals surface area contributed by atoms with Crippen molar-refractivity contribution in [1.82, 2.24) is 0 Å². The zero-order chi connectivity index (χ0) is 9.14. The van der Waals surface area contributed by atoms with Gasteiger partial charge in [0.1, 0.15) is 0 Å². The molecule has 0 atom stereocenters.